The Bertz CT molecular complexity index is 1150. The number of hydrazine groups is 1. The quantitative estimate of drug-likeness (QED) is 0.440. The number of nitrogens with one attached hydrogen (secondary N) is 2. The predicted molar refractivity (Wildman–Crippen MR) is 122 cm³/mol. The van der Waals surface area contributed by atoms with E-state index in [1.54, 1.807) is 30.5 Å². The molecule has 9 heteroatoms. The molecule has 0 spiro atoms. The number of aromatic nitrogens is 1. The molecule has 2 aromatic carbocycles. The fourth-order valence-electron chi connectivity index (χ4n) is 3.66. The number of phenolic OH excluding ortho intramolecular Hbond substituents is 1. The summed E-state index contributed by atoms with van der Waals surface area (Å²) < 4.78 is 41.0. The normalized spacial score (nSPS) is 15.8. The van der Waals surface area contributed by atoms with E-state index >= 15 is 0 Å². The van der Waals surface area contributed by atoms with Crippen LogP contribution in [0.15, 0.2) is 84.8 Å². The molecule has 2 heterocycles. The first-order valence-electron chi connectivity index (χ1n) is 10.7. The first kappa shape index (κ1) is 23.3. The third-order valence-corrected chi connectivity index (χ3v) is 5.42. The first-order valence-corrected chi connectivity index (χ1v) is 10.7. The minimum atomic E-state index is -4.56. The Morgan fingerprint density at radius 1 is 1.09 bits per heavy atom. The van der Waals surface area contributed by atoms with E-state index in [2.05, 4.69) is 15.7 Å². The highest BCUT2D eigenvalue weighted by Gasteiger charge is 2.43. The second-order valence-electron chi connectivity index (χ2n) is 7.85. The van der Waals surface area contributed by atoms with Crippen molar-refractivity contribution in [3.05, 3.63) is 102 Å². The van der Waals surface area contributed by atoms with E-state index in [1.165, 1.54) is 30.5 Å². The number of anilines is 1. The van der Waals surface area contributed by atoms with Crippen molar-refractivity contribution < 1.29 is 23.1 Å². The molecule has 0 bridgehead atoms. The van der Waals surface area contributed by atoms with E-state index in [9.17, 15) is 23.1 Å². The number of nitrogens with zero attached hydrogens (tertiary/aromatic N) is 2. The average molecular weight is 468 g/mol. The molecule has 1 aliphatic rings. The number of alkyl halides is 3. The van der Waals surface area contributed by atoms with Crippen LogP contribution in [0.25, 0.3) is 0 Å². The van der Waals surface area contributed by atoms with Crippen molar-refractivity contribution >= 4 is 11.6 Å². The second kappa shape index (κ2) is 9.96. The van der Waals surface area contributed by atoms with Gasteiger partial charge < -0.3 is 10.4 Å². The molecule has 1 amide bonds. The maximum atomic E-state index is 13.7. The molecule has 0 radical (unpaired) electrons. The summed E-state index contributed by atoms with van der Waals surface area (Å²) in [5, 5.41) is 13.1. The van der Waals surface area contributed by atoms with E-state index in [0.29, 0.717) is 24.1 Å². The maximum absolute atomic E-state index is 13.7. The van der Waals surface area contributed by atoms with Gasteiger partial charge in [-0.1, -0.05) is 18.2 Å². The number of aryl methyl sites for hydroxylation is 1. The van der Waals surface area contributed by atoms with Gasteiger partial charge in [0.25, 0.3) is 5.91 Å². The number of rotatable bonds is 7. The zero-order valence-electron chi connectivity index (χ0n) is 18.1. The van der Waals surface area contributed by atoms with Gasteiger partial charge in [0.1, 0.15) is 11.4 Å². The zero-order chi connectivity index (χ0) is 24.1. The summed E-state index contributed by atoms with van der Waals surface area (Å²) >= 11 is 0. The van der Waals surface area contributed by atoms with Crippen LogP contribution in [0.3, 0.4) is 0 Å². The van der Waals surface area contributed by atoms with Crippen molar-refractivity contribution in [2.24, 2.45) is 0 Å². The lowest BCUT2D eigenvalue weighted by Gasteiger charge is -2.25. The first-order chi connectivity index (χ1) is 16.3. The minimum absolute atomic E-state index is 0.204. The SMILES string of the molecule is O=C(NCCCc1ccc(O)cc1)c1ccc(N2NC(c3cccnc3)C=C2C(F)(F)F)cc1. The lowest BCUT2D eigenvalue weighted by molar-refractivity contribution is -0.0931. The third-order valence-electron chi connectivity index (χ3n) is 5.42. The fraction of sp³-hybridized carbons (Fsp3) is 0.200. The Hall–Kier alpha value is -3.85. The number of aromatic hydroxyl groups is 1. The van der Waals surface area contributed by atoms with Gasteiger partial charge in [0.2, 0.25) is 0 Å². The van der Waals surface area contributed by atoms with Gasteiger partial charge in [-0.3, -0.25) is 14.8 Å². The van der Waals surface area contributed by atoms with Crippen molar-refractivity contribution in [1.29, 1.82) is 0 Å². The highest BCUT2D eigenvalue weighted by molar-refractivity contribution is 5.94. The monoisotopic (exact) mass is 468 g/mol. The fourth-order valence-corrected chi connectivity index (χ4v) is 3.66. The standard InChI is InChI=1S/C25H23F3N4O2/c26-25(27,28)23-15-22(19-4-2-13-29-16-19)31-32(23)20-9-7-18(8-10-20)24(34)30-14-1-3-17-5-11-21(33)12-6-17/h2,4-13,15-16,22,31,33H,1,3,14H2,(H,30,34). The summed E-state index contributed by atoms with van der Waals surface area (Å²) in [5.41, 5.74) is 4.30. The molecular weight excluding hydrogens is 445 g/mol. The van der Waals surface area contributed by atoms with E-state index < -0.39 is 17.9 Å². The van der Waals surface area contributed by atoms with Gasteiger partial charge in [0.15, 0.2) is 0 Å². The van der Waals surface area contributed by atoms with Gasteiger partial charge in [-0.25, -0.2) is 5.43 Å². The summed E-state index contributed by atoms with van der Waals surface area (Å²) in [6, 6.07) is 15.5. The Labute approximate surface area is 194 Å². The van der Waals surface area contributed by atoms with Crippen molar-refractivity contribution in [3.8, 4) is 5.75 Å². The van der Waals surface area contributed by atoms with Gasteiger partial charge in [-0.15, -0.1) is 0 Å². The number of amides is 1. The number of allylic oxidation sites excluding steroid dienone is 1. The van der Waals surface area contributed by atoms with E-state index in [0.717, 1.165) is 23.1 Å². The second-order valence-corrected chi connectivity index (χ2v) is 7.85. The van der Waals surface area contributed by atoms with E-state index in [-0.39, 0.29) is 17.3 Å². The van der Waals surface area contributed by atoms with E-state index in [4.69, 9.17) is 0 Å². The van der Waals surface area contributed by atoms with Gasteiger partial charge in [0.05, 0.1) is 11.7 Å². The van der Waals surface area contributed by atoms with Gasteiger partial charge >= 0.3 is 6.18 Å². The summed E-state index contributed by atoms with van der Waals surface area (Å²) in [6.45, 7) is 0.447. The molecule has 34 heavy (non-hydrogen) atoms. The number of carbonyl (C=O) groups is 1. The highest BCUT2D eigenvalue weighted by Crippen LogP contribution is 2.37. The number of hydrogen-bond acceptors (Lipinski definition) is 5. The molecule has 1 atom stereocenters. The van der Waals surface area contributed by atoms with Crippen LogP contribution in [-0.2, 0) is 6.42 Å². The Balaban J connectivity index is 1.37. The Kier molecular flexibility index (Phi) is 6.83. The van der Waals surface area contributed by atoms with Crippen LogP contribution in [0.5, 0.6) is 5.75 Å². The molecule has 1 aromatic heterocycles. The molecule has 4 rings (SSSR count). The van der Waals surface area contributed by atoms with Crippen molar-refractivity contribution in [2.45, 2.75) is 25.1 Å². The van der Waals surface area contributed by atoms with Crippen LogP contribution in [0.2, 0.25) is 0 Å². The minimum Gasteiger partial charge on any atom is -0.508 e. The lowest BCUT2D eigenvalue weighted by atomic mass is 10.1. The highest BCUT2D eigenvalue weighted by atomic mass is 19.4. The summed E-state index contributed by atoms with van der Waals surface area (Å²) in [4.78, 5) is 16.4. The molecule has 1 unspecified atom stereocenters. The topological polar surface area (TPSA) is 77.5 Å². The molecule has 6 nitrogen and oxygen atoms in total. The lowest BCUT2D eigenvalue weighted by Crippen LogP contribution is -2.38. The van der Waals surface area contributed by atoms with Crippen molar-refractivity contribution in [3.63, 3.8) is 0 Å². The average Bonchev–Trinajstić information content (AvgIpc) is 3.30. The molecule has 1 aliphatic heterocycles. The maximum Gasteiger partial charge on any atom is 0.432 e. The van der Waals surface area contributed by atoms with Crippen LogP contribution >= 0.6 is 0 Å². The number of hydrogen-bond donors (Lipinski definition) is 3. The predicted octanol–water partition coefficient (Wildman–Crippen LogP) is 4.66. The van der Waals surface area contributed by atoms with Crippen molar-refractivity contribution in [1.82, 2.24) is 15.7 Å². The molecule has 0 fully saturated rings. The number of halogens is 3. The number of carbonyl (C=O) groups excluding carboxylic acids is 1. The Morgan fingerprint density at radius 3 is 2.47 bits per heavy atom. The summed E-state index contributed by atoms with van der Waals surface area (Å²) in [5.74, 6) is -0.0958. The smallest absolute Gasteiger partial charge is 0.432 e. The molecule has 176 valence electrons. The zero-order valence-corrected chi connectivity index (χ0v) is 18.1. The van der Waals surface area contributed by atoms with Crippen LogP contribution in [0.1, 0.15) is 33.9 Å². The van der Waals surface area contributed by atoms with Crippen molar-refractivity contribution in [2.75, 3.05) is 11.6 Å². The number of pyridine rings is 1. The number of phenols is 1. The number of benzene rings is 2. The molecule has 3 aromatic rings. The van der Waals surface area contributed by atoms with Crippen LogP contribution < -0.4 is 15.8 Å². The Morgan fingerprint density at radius 2 is 1.82 bits per heavy atom. The summed E-state index contributed by atoms with van der Waals surface area (Å²) in [7, 11) is 0. The molecule has 0 aliphatic carbocycles. The largest absolute Gasteiger partial charge is 0.508 e. The summed E-state index contributed by atoms with van der Waals surface area (Å²) in [6.07, 6.45) is 1.08. The van der Waals surface area contributed by atoms with Gasteiger partial charge in [-0.05, 0) is 72.5 Å². The molecular formula is C25H23F3N4O2. The van der Waals surface area contributed by atoms with E-state index in [1.807, 2.05) is 12.1 Å². The van der Waals surface area contributed by atoms with Crippen LogP contribution in [0, 0.1) is 0 Å². The van der Waals surface area contributed by atoms with Crippen LogP contribution in [-0.4, -0.2) is 28.7 Å². The van der Waals surface area contributed by atoms with Crippen LogP contribution in [0.4, 0.5) is 18.9 Å². The third kappa shape index (κ3) is 5.55. The molecule has 0 saturated heterocycles. The molecule has 3 N–H and O–H groups in total. The van der Waals surface area contributed by atoms with Gasteiger partial charge in [0, 0.05) is 24.5 Å². The van der Waals surface area contributed by atoms with Gasteiger partial charge in [-0.2, -0.15) is 13.2 Å². The molecule has 0 saturated carbocycles.